The van der Waals surface area contributed by atoms with Gasteiger partial charge in [-0.3, -0.25) is 4.98 Å². The van der Waals surface area contributed by atoms with E-state index in [0.29, 0.717) is 11.3 Å². The van der Waals surface area contributed by atoms with E-state index in [2.05, 4.69) is 71.8 Å². The second kappa shape index (κ2) is 4.80. The van der Waals surface area contributed by atoms with Gasteiger partial charge in [-0.2, -0.15) is 0 Å². The summed E-state index contributed by atoms with van der Waals surface area (Å²) in [6.07, 6.45) is 3.09. The molecule has 1 aromatic heterocycles. The predicted molar refractivity (Wildman–Crippen MR) is 75.3 cm³/mol. The summed E-state index contributed by atoms with van der Waals surface area (Å²) in [5.41, 5.74) is 3.04. The lowest BCUT2D eigenvalue weighted by Crippen LogP contribution is -2.24. The summed E-state index contributed by atoms with van der Waals surface area (Å²) in [7, 11) is 0. The van der Waals surface area contributed by atoms with E-state index in [-0.39, 0.29) is 5.41 Å². The zero-order valence-electron chi connectivity index (χ0n) is 12.5. The van der Waals surface area contributed by atoms with Crippen LogP contribution in [0.3, 0.4) is 0 Å². The molecule has 17 heavy (non-hydrogen) atoms. The van der Waals surface area contributed by atoms with E-state index < -0.39 is 0 Å². The molecule has 0 atom stereocenters. The van der Waals surface area contributed by atoms with E-state index in [0.717, 1.165) is 6.42 Å². The molecule has 0 amide bonds. The molecule has 0 bridgehead atoms. The minimum Gasteiger partial charge on any atom is -0.261 e. The third-order valence-electron chi connectivity index (χ3n) is 3.72. The van der Waals surface area contributed by atoms with Crippen LogP contribution in [0, 0.1) is 11.3 Å². The molecule has 0 spiro atoms. The minimum atomic E-state index is 0.202. The molecule has 1 rings (SSSR count). The van der Waals surface area contributed by atoms with E-state index in [9.17, 15) is 0 Å². The zero-order chi connectivity index (χ0) is 13.3. The number of hydrogen-bond acceptors (Lipinski definition) is 1. The lowest BCUT2D eigenvalue weighted by Gasteiger charge is -2.29. The third kappa shape index (κ3) is 3.83. The minimum absolute atomic E-state index is 0.202. The molecule has 0 aromatic carbocycles. The maximum Gasteiger partial charge on any atom is 0.0409 e. The Hall–Kier alpha value is -0.850. The maximum atomic E-state index is 4.61. The number of aromatic nitrogens is 1. The normalized spacial score (nSPS) is 13.2. The Morgan fingerprint density at radius 1 is 1.06 bits per heavy atom. The molecular formula is C16H27N. The standard InChI is InChI=1S/C16H27N/c1-12(2)16(6,7)13-8-9-14(17-11-13)10-15(3,4)5/h8-9,11-12H,10H2,1-7H3. The highest BCUT2D eigenvalue weighted by molar-refractivity contribution is 5.23. The molecule has 0 N–H and O–H groups in total. The second-order valence-corrected chi connectivity index (χ2v) is 7.15. The zero-order valence-corrected chi connectivity index (χ0v) is 12.5. The van der Waals surface area contributed by atoms with Crippen LogP contribution in [0.15, 0.2) is 18.3 Å². The first-order valence-electron chi connectivity index (χ1n) is 6.58. The van der Waals surface area contributed by atoms with Crippen LogP contribution in [0.1, 0.15) is 59.7 Å². The van der Waals surface area contributed by atoms with Gasteiger partial charge in [-0.25, -0.2) is 0 Å². The summed E-state index contributed by atoms with van der Waals surface area (Å²) >= 11 is 0. The molecular weight excluding hydrogens is 206 g/mol. The van der Waals surface area contributed by atoms with Gasteiger partial charge in [0.1, 0.15) is 0 Å². The average molecular weight is 233 g/mol. The fraction of sp³-hybridized carbons (Fsp3) is 0.688. The lowest BCUT2D eigenvalue weighted by molar-refractivity contribution is 0.370. The highest BCUT2D eigenvalue weighted by atomic mass is 14.7. The van der Waals surface area contributed by atoms with Crippen molar-refractivity contribution in [3.8, 4) is 0 Å². The number of nitrogens with zero attached hydrogens (tertiary/aromatic N) is 1. The van der Waals surface area contributed by atoms with Crippen LogP contribution in [0.5, 0.6) is 0 Å². The summed E-state index contributed by atoms with van der Waals surface area (Å²) in [6, 6.07) is 4.43. The molecule has 1 heteroatoms. The molecule has 0 radical (unpaired) electrons. The van der Waals surface area contributed by atoms with E-state index in [4.69, 9.17) is 0 Å². The average Bonchev–Trinajstić information content (AvgIpc) is 2.15. The summed E-state index contributed by atoms with van der Waals surface area (Å²) in [6.45, 7) is 15.9. The number of hydrogen-bond donors (Lipinski definition) is 0. The summed E-state index contributed by atoms with van der Waals surface area (Å²) in [5, 5.41) is 0. The van der Waals surface area contributed by atoms with Crippen molar-refractivity contribution in [1.82, 2.24) is 4.98 Å². The summed E-state index contributed by atoms with van der Waals surface area (Å²) < 4.78 is 0. The van der Waals surface area contributed by atoms with Gasteiger partial charge in [0.2, 0.25) is 0 Å². The molecule has 0 fully saturated rings. The quantitative estimate of drug-likeness (QED) is 0.743. The Bertz CT molecular complexity index is 352. The van der Waals surface area contributed by atoms with Crippen LogP contribution < -0.4 is 0 Å². The van der Waals surface area contributed by atoms with Gasteiger partial charge in [0.15, 0.2) is 0 Å². The highest BCUT2D eigenvalue weighted by Crippen LogP contribution is 2.31. The monoisotopic (exact) mass is 233 g/mol. The van der Waals surface area contributed by atoms with Crippen LogP contribution >= 0.6 is 0 Å². The Balaban J connectivity index is 2.89. The van der Waals surface area contributed by atoms with Gasteiger partial charge in [-0.15, -0.1) is 0 Å². The summed E-state index contributed by atoms with van der Waals surface area (Å²) in [4.78, 5) is 4.61. The Labute approximate surface area is 107 Å². The van der Waals surface area contributed by atoms with Crippen molar-refractivity contribution in [2.75, 3.05) is 0 Å². The van der Waals surface area contributed by atoms with Gasteiger partial charge >= 0.3 is 0 Å². The topological polar surface area (TPSA) is 12.9 Å². The first-order chi connectivity index (χ1) is 7.63. The number of rotatable bonds is 3. The SMILES string of the molecule is CC(C)C(C)(C)c1ccc(CC(C)(C)C)nc1. The van der Waals surface area contributed by atoms with Crippen molar-refractivity contribution >= 4 is 0 Å². The van der Waals surface area contributed by atoms with Crippen molar-refractivity contribution in [2.24, 2.45) is 11.3 Å². The molecule has 0 aliphatic rings. The molecule has 1 heterocycles. The first kappa shape index (κ1) is 14.2. The maximum absolute atomic E-state index is 4.61. The van der Waals surface area contributed by atoms with Crippen LogP contribution in [0.25, 0.3) is 0 Å². The van der Waals surface area contributed by atoms with Crippen molar-refractivity contribution < 1.29 is 0 Å². The Morgan fingerprint density at radius 3 is 2.00 bits per heavy atom. The smallest absolute Gasteiger partial charge is 0.0409 e. The molecule has 0 unspecified atom stereocenters. The molecule has 0 aliphatic carbocycles. The predicted octanol–water partition coefficient (Wildman–Crippen LogP) is 4.60. The molecule has 0 saturated carbocycles. The molecule has 0 saturated heterocycles. The van der Waals surface area contributed by atoms with Crippen LogP contribution in [0.2, 0.25) is 0 Å². The molecule has 0 aliphatic heterocycles. The fourth-order valence-electron chi connectivity index (χ4n) is 1.79. The second-order valence-electron chi connectivity index (χ2n) is 7.15. The Morgan fingerprint density at radius 2 is 1.65 bits per heavy atom. The Kier molecular flexibility index (Phi) is 4.01. The van der Waals surface area contributed by atoms with E-state index in [1.54, 1.807) is 0 Å². The fourth-order valence-corrected chi connectivity index (χ4v) is 1.79. The van der Waals surface area contributed by atoms with Gasteiger partial charge < -0.3 is 0 Å². The first-order valence-corrected chi connectivity index (χ1v) is 6.58. The van der Waals surface area contributed by atoms with Gasteiger partial charge in [-0.1, -0.05) is 54.5 Å². The van der Waals surface area contributed by atoms with Crippen LogP contribution in [-0.4, -0.2) is 4.98 Å². The molecule has 1 nitrogen and oxygen atoms in total. The molecule has 1 aromatic rings. The van der Waals surface area contributed by atoms with Gasteiger partial charge in [0, 0.05) is 11.9 Å². The van der Waals surface area contributed by atoms with Crippen molar-refractivity contribution in [3.63, 3.8) is 0 Å². The van der Waals surface area contributed by atoms with Gasteiger partial charge in [0.25, 0.3) is 0 Å². The number of pyridine rings is 1. The van der Waals surface area contributed by atoms with Gasteiger partial charge in [0.05, 0.1) is 0 Å². The van der Waals surface area contributed by atoms with Crippen molar-refractivity contribution in [3.05, 3.63) is 29.6 Å². The van der Waals surface area contributed by atoms with Crippen LogP contribution in [0.4, 0.5) is 0 Å². The lowest BCUT2D eigenvalue weighted by atomic mass is 9.76. The van der Waals surface area contributed by atoms with E-state index in [1.165, 1.54) is 11.3 Å². The van der Waals surface area contributed by atoms with Gasteiger partial charge in [-0.05, 0) is 34.8 Å². The van der Waals surface area contributed by atoms with Crippen molar-refractivity contribution in [2.45, 2.75) is 60.3 Å². The summed E-state index contributed by atoms with van der Waals surface area (Å²) in [5.74, 6) is 0.623. The molecule has 96 valence electrons. The highest BCUT2D eigenvalue weighted by Gasteiger charge is 2.25. The van der Waals surface area contributed by atoms with Crippen LogP contribution in [-0.2, 0) is 11.8 Å². The largest absolute Gasteiger partial charge is 0.261 e. The third-order valence-corrected chi connectivity index (χ3v) is 3.72. The van der Waals surface area contributed by atoms with Crippen molar-refractivity contribution in [1.29, 1.82) is 0 Å². The van der Waals surface area contributed by atoms with E-state index in [1.807, 2.05) is 0 Å². The van der Waals surface area contributed by atoms with E-state index >= 15 is 0 Å².